The Morgan fingerprint density at radius 2 is 1.24 bits per heavy atom. The van der Waals surface area contributed by atoms with E-state index in [9.17, 15) is 9.59 Å². The fraction of sp³-hybridized carbons (Fsp3) is 0.462. The van der Waals surface area contributed by atoms with Crippen molar-refractivity contribution in [2.45, 2.75) is 67.3 Å². The average Bonchev–Trinajstić information content (AvgIpc) is 2.73. The molecule has 0 saturated heterocycles. The minimum absolute atomic E-state index is 0.0692. The number of nitrogens with one attached hydrogen (secondary N) is 2. The number of rotatable bonds is 5. The van der Waals surface area contributed by atoms with Crippen LogP contribution in [-0.4, -0.2) is 23.9 Å². The lowest BCUT2D eigenvalue weighted by atomic mass is 9.97. The van der Waals surface area contributed by atoms with Crippen molar-refractivity contribution >= 4 is 55.0 Å². The molecular formula is C26H40Br2N4O2. The largest absolute Gasteiger partial charge is 0.398 e. The second-order valence-corrected chi connectivity index (χ2v) is 11.2. The summed E-state index contributed by atoms with van der Waals surface area (Å²) >= 11 is 6.61. The summed E-state index contributed by atoms with van der Waals surface area (Å²) in [7, 11) is 0. The zero-order valence-electron chi connectivity index (χ0n) is 21.6. The molecule has 0 spiro atoms. The van der Waals surface area contributed by atoms with Gasteiger partial charge in [0.1, 0.15) is 0 Å². The van der Waals surface area contributed by atoms with Gasteiger partial charge in [0.25, 0.3) is 11.8 Å². The van der Waals surface area contributed by atoms with Gasteiger partial charge in [0.2, 0.25) is 0 Å². The number of carbonyl (C=O) groups is 2. The van der Waals surface area contributed by atoms with Gasteiger partial charge < -0.3 is 22.1 Å². The number of anilines is 2. The summed E-state index contributed by atoms with van der Waals surface area (Å²) in [6.45, 7) is 16.8. The van der Waals surface area contributed by atoms with Gasteiger partial charge in [0, 0.05) is 32.4 Å². The van der Waals surface area contributed by atoms with Gasteiger partial charge in [0.05, 0.1) is 11.1 Å². The Kier molecular flexibility index (Phi) is 13.5. The molecule has 0 saturated carbocycles. The molecule has 2 rings (SSSR count). The highest BCUT2D eigenvalue weighted by atomic mass is 79.9. The molecule has 34 heavy (non-hydrogen) atoms. The molecule has 2 aromatic carbocycles. The van der Waals surface area contributed by atoms with Crippen molar-refractivity contribution in [1.29, 1.82) is 0 Å². The van der Waals surface area contributed by atoms with Crippen molar-refractivity contribution in [2.24, 2.45) is 5.41 Å². The molecule has 0 aliphatic rings. The van der Waals surface area contributed by atoms with Crippen LogP contribution in [0.3, 0.4) is 0 Å². The number of halogens is 2. The van der Waals surface area contributed by atoms with Crippen molar-refractivity contribution in [3.8, 4) is 0 Å². The zero-order valence-corrected chi connectivity index (χ0v) is 24.8. The Balaban J connectivity index is 0.000000597. The third-order valence-corrected chi connectivity index (χ3v) is 5.62. The molecule has 0 aromatic heterocycles. The van der Waals surface area contributed by atoms with E-state index in [1.807, 2.05) is 46.8 Å². The predicted octanol–water partition coefficient (Wildman–Crippen LogP) is 6.78. The van der Waals surface area contributed by atoms with Crippen LogP contribution in [0.2, 0.25) is 0 Å². The summed E-state index contributed by atoms with van der Waals surface area (Å²) in [5, 5.41) is 5.81. The van der Waals surface area contributed by atoms with Crippen LogP contribution in [0.15, 0.2) is 45.3 Å². The Labute approximate surface area is 221 Å². The fourth-order valence-electron chi connectivity index (χ4n) is 2.38. The summed E-state index contributed by atoms with van der Waals surface area (Å²) in [6.07, 6.45) is 0.870. The van der Waals surface area contributed by atoms with E-state index in [2.05, 4.69) is 63.3 Å². The number of amides is 2. The standard InChI is InChI=1S/2C12H17BrN2O.C2H6/c1-12(2,3)7-15-11(16)9-5-4-8(13)6-10(9)14;1-4-12(2,3)15-11(16)9-6-5-8(13)7-10(9)14;1-2/h4-6H,7,14H2,1-3H3,(H,15,16);5-7H,4,14H2,1-3H3,(H,15,16);1-2H3. The van der Waals surface area contributed by atoms with Crippen LogP contribution in [0.1, 0.15) is 82.5 Å². The minimum Gasteiger partial charge on any atom is -0.398 e. The lowest BCUT2D eigenvalue weighted by Crippen LogP contribution is -2.42. The quantitative estimate of drug-likeness (QED) is 0.284. The van der Waals surface area contributed by atoms with Crippen molar-refractivity contribution in [3.63, 3.8) is 0 Å². The highest BCUT2D eigenvalue weighted by Crippen LogP contribution is 2.20. The van der Waals surface area contributed by atoms with E-state index >= 15 is 0 Å². The van der Waals surface area contributed by atoms with Crippen LogP contribution in [0.5, 0.6) is 0 Å². The maximum Gasteiger partial charge on any atom is 0.253 e. The molecule has 0 unspecified atom stereocenters. The molecule has 8 heteroatoms. The molecule has 2 aromatic rings. The summed E-state index contributed by atoms with van der Waals surface area (Å²) in [5.41, 5.74) is 13.4. The van der Waals surface area contributed by atoms with E-state index in [4.69, 9.17) is 11.5 Å². The third-order valence-electron chi connectivity index (χ3n) is 4.63. The summed E-state index contributed by atoms with van der Waals surface area (Å²) in [6, 6.07) is 10.5. The number of carbonyl (C=O) groups excluding carboxylic acids is 2. The molecule has 0 heterocycles. The minimum atomic E-state index is -0.212. The Morgan fingerprint density at radius 3 is 1.59 bits per heavy atom. The molecule has 6 N–H and O–H groups in total. The second kappa shape index (κ2) is 14.4. The molecule has 2 amide bonds. The SMILES string of the molecule is CC.CC(C)(C)CNC(=O)c1ccc(Br)cc1N.CCC(C)(C)NC(=O)c1ccc(Br)cc1N. The van der Waals surface area contributed by atoms with E-state index in [-0.39, 0.29) is 22.8 Å². The average molecular weight is 600 g/mol. The van der Waals surface area contributed by atoms with E-state index in [1.54, 1.807) is 24.3 Å². The number of nitrogen functional groups attached to an aromatic ring is 2. The van der Waals surface area contributed by atoms with Crippen molar-refractivity contribution in [2.75, 3.05) is 18.0 Å². The van der Waals surface area contributed by atoms with Crippen LogP contribution in [0.4, 0.5) is 11.4 Å². The fourth-order valence-corrected chi connectivity index (χ4v) is 3.14. The van der Waals surface area contributed by atoms with Gasteiger partial charge in [-0.15, -0.1) is 0 Å². The van der Waals surface area contributed by atoms with Gasteiger partial charge in [-0.3, -0.25) is 9.59 Å². The number of hydrogen-bond acceptors (Lipinski definition) is 4. The lowest BCUT2D eigenvalue weighted by Gasteiger charge is -2.24. The van der Waals surface area contributed by atoms with Gasteiger partial charge in [-0.1, -0.05) is 73.4 Å². The molecule has 0 bridgehead atoms. The number of benzene rings is 2. The maximum atomic E-state index is 11.9. The third kappa shape index (κ3) is 11.9. The van der Waals surface area contributed by atoms with Gasteiger partial charge in [-0.25, -0.2) is 0 Å². The highest BCUT2D eigenvalue weighted by molar-refractivity contribution is 9.10. The smallest absolute Gasteiger partial charge is 0.253 e. The summed E-state index contributed by atoms with van der Waals surface area (Å²) in [5.74, 6) is -0.253. The zero-order chi connectivity index (χ0) is 26.7. The molecule has 6 nitrogen and oxygen atoms in total. The van der Waals surface area contributed by atoms with Gasteiger partial charge >= 0.3 is 0 Å². The van der Waals surface area contributed by atoms with Crippen LogP contribution in [0.25, 0.3) is 0 Å². The van der Waals surface area contributed by atoms with Crippen LogP contribution >= 0.6 is 31.9 Å². The monoisotopic (exact) mass is 598 g/mol. The molecule has 0 aliphatic heterocycles. The van der Waals surface area contributed by atoms with E-state index < -0.39 is 0 Å². The molecule has 0 fully saturated rings. The lowest BCUT2D eigenvalue weighted by molar-refractivity contribution is 0.0910. The predicted molar refractivity (Wildman–Crippen MR) is 152 cm³/mol. The molecular weight excluding hydrogens is 560 g/mol. The normalized spacial score (nSPS) is 10.8. The first-order chi connectivity index (χ1) is 15.6. The molecule has 0 radical (unpaired) electrons. The number of nitrogens with two attached hydrogens (primary N) is 2. The topological polar surface area (TPSA) is 110 Å². The molecule has 0 aliphatic carbocycles. The summed E-state index contributed by atoms with van der Waals surface area (Å²) < 4.78 is 1.74. The Morgan fingerprint density at radius 1 is 0.824 bits per heavy atom. The van der Waals surface area contributed by atoms with Gasteiger partial charge in [-0.2, -0.15) is 0 Å². The second-order valence-electron chi connectivity index (χ2n) is 9.40. The van der Waals surface area contributed by atoms with Gasteiger partial charge in [0.15, 0.2) is 0 Å². The van der Waals surface area contributed by atoms with Crippen LogP contribution in [0, 0.1) is 5.41 Å². The first kappa shape index (κ1) is 31.9. The molecule has 190 valence electrons. The first-order valence-electron chi connectivity index (χ1n) is 11.4. The Bertz CT molecular complexity index is 954. The molecule has 0 atom stereocenters. The Hall–Kier alpha value is -2.06. The van der Waals surface area contributed by atoms with Crippen LogP contribution in [-0.2, 0) is 0 Å². The van der Waals surface area contributed by atoms with Crippen LogP contribution < -0.4 is 22.1 Å². The number of hydrogen-bond donors (Lipinski definition) is 4. The highest BCUT2D eigenvalue weighted by Gasteiger charge is 2.20. The maximum absolute atomic E-state index is 11.9. The van der Waals surface area contributed by atoms with E-state index in [0.717, 1.165) is 15.4 Å². The van der Waals surface area contributed by atoms with E-state index in [0.29, 0.717) is 29.0 Å². The van der Waals surface area contributed by atoms with Crippen molar-refractivity contribution in [1.82, 2.24) is 10.6 Å². The van der Waals surface area contributed by atoms with Crippen molar-refractivity contribution in [3.05, 3.63) is 56.5 Å². The van der Waals surface area contributed by atoms with Gasteiger partial charge in [-0.05, 0) is 62.1 Å². The summed E-state index contributed by atoms with van der Waals surface area (Å²) in [4.78, 5) is 23.8. The van der Waals surface area contributed by atoms with Crippen molar-refractivity contribution < 1.29 is 9.59 Å². The first-order valence-corrected chi connectivity index (χ1v) is 12.9. The van der Waals surface area contributed by atoms with E-state index in [1.165, 1.54) is 0 Å².